The first kappa shape index (κ1) is 23.5. The van der Waals surface area contributed by atoms with Gasteiger partial charge in [0.15, 0.2) is 15.5 Å². The van der Waals surface area contributed by atoms with Gasteiger partial charge in [0.25, 0.3) is 5.91 Å². The van der Waals surface area contributed by atoms with Crippen molar-refractivity contribution in [3.63, 3.8) is 0 Å². The van der Waals surface area contributed by atoms with Gasteiger partial charge in [0.1, 0.15) is 0 Å². The van der Waals surface area contributed by atoms with Gasteiger partial charge >= 0.3 is 0 Å². The minimum Gasteiger partial charge on any atom is -0.284 e. The molecular formula is C19H14Cl2IN5O3S2. The third-order valence-electron chi connectivity index (χ3n) is 4.74. The van der Waals surface area contributed by atoms with E-state index in [1.807, 2.05) is 12.1 Å². The molecular weight excluding hydrogens is 608 g/mol. The Kier molecular flexibility index (Phi) is 6.81. The van der Waals surface area contributed by atoms with Crippen molar-refractivity contribution in [2.75, 3.05) is 24.6 Å². The molecule has 13 heteroatoms. The number of carbonyl (C=O) groups is 1. The fourth-order valence-electron chi connectivity index (χ4n) is 3.18. The minimum absolute atomic E-state index is 0.0450. The molecule has 8 nitrogen and oxygen atoms in total. The summed E-state index contributed by atoms with van der Waals surface area (Å²) in [5, 5.41) is 6.73. The summed E-state index contributed by atoms with van der Waals surface area (Å²) in [6.45, 7) is 8.09. The number of halogens is 3. The molecule has 1 fully saturated rings. The Morgan fingerprint density at radius 2 is 1.94 bits per heavy atom. The first-order valence-corrected chi connectivity index (χ1v) is 13.6. The molecule has 0 radical (unpaired) electrons. The Hall–Kier alpha value is -1.69. The average molecular weight is 622 g/mol. The maximum Gasteiger partial charge on any atom is 0.275 e. The molecule has 3 aromatic rings. The van der Waals surface area contributed by atoms with Gasteiger partial charge in [0, 0.05) is 23.0 Å². The van der Waals surface area contributed by atoms with Gasteiger partial charge in [-0.3, -0.25) is 10.2 Å². The molecule has 1 aliphatic heterocycles. The average Bonchev–Trinajstić information content (AvgIpc) is 3.32. The number of carbonyl (C=O) groups excluding carboxylic acids is 1. The van der Waals surface area contributed by atoms with Crippen molar-refractivity contribution in [3.8, 4) is 16.3 Å². The number of sulfone groups is 1. The summed E-state index contributed by atoms with van der Waals surface area (Å²) < 4.78 is 25.8. The van der Waals surface area contributed by atoms with E-state index in [1.54, 1.807) is 18.2 Å². The van der Waals surface area contributed by atoms with Crippen molar-refractivity contribution < 1.29 is 13.2 Å². The summed E-state index contributed by atoms with van der Waals surface area (Å²) in [6, 6.07) is 8.65. The molecule has 1 aromatic carbocycles. The Morgan fingerprint density at radius 1 is 1.22 bits per heavy atom. The number of rotatable bonds is 4. The number of hydrogen-bond acceptors (Lipinski definition) is 6. The number of aromatic nitrogens is 2. The predicted octanol–water partition coefficient (Wildman–Crippen LogP) is 4.44. The summed E-state index contributed by atoms with van der Waals surface area (Å²) in [4.78, 5) is 17.4. The van der Waals surface area contributed by atoms with Crippen LogP contribution in [0, 0.1) is 9.46 Å². The Morgan fingerprint density at radius 3 is 2.53 bits per heavy atom. The number of hydrazine groups is 1. The number of nitrogens with zero attached hydrogens (tertiary/aromatic N) is 4. The van der Waals surface area contributed by atoms with Gasteiger partial charge < -0.3 is 0 Å². The molecule has 166 valence electrons. The zero-order valence-electron chi connectivity index (χ0n) is 16.2. The van der Waals surface area contributed by atoms with Crippen LogP contribution in [-0.2, 0) is 9.84 Å². The van der Waals surface area contributed by atoms with Crippen molar-refractivity contribution in [2.24, 2.45) is 0 Å². The molecule has 1 saturated heterocycles. The van der Waals surface area contributed by atoms with Crippen molar-refractivity contribution in [1.82, 2.24) is 20.2 Å². The highest BCUT2D eigenvalue weighted by atomic mass is 127. The highest BCUT2D eigenvalue weighted by molar-refractivity contribution is 14.1. The van der Waals surface area contributed by atoms with Crippen LogP contribution in [-0.4, -0.2) is 53.7 Å². The van der Waals surface area contributed by atoms with E-state index in [2.05, 4.69) is 38.0 Å². The van der Waals surface area contributed by atoms with E-state index in [1.165, 1.54) is 21.0 Å². The molecule has 3 heterocycles. The van der Waals surface area contributed by atoms with Crippen LogP contribution in [0.5, 0.6) is 0 Å². The van der Waals surface area contributed by atoms with Crippen LogP contribution in [0.4, 0.5) is 5.69 Å². The lowest BCUT2D eigenvalue weighted by Gasteiger charge is -2.26. The first-order chi connectivity index (χ1) is 15.2. The van der Waals surface area contributed by atoms with Crippen LogP contribution in [0.15, 0.2) is 30.3 Å². The van der Waals surface area contributed by atoms with Crippen LogP contribution in [0.3, 0.4) is 0 Å². The lowest BCUT2D eigenvalue weighted by molar-refractivity contribution is 0.0797. The molecule has 1 N–H and O–H groups in total. The second-order valence-electron chi connectivity index (χ2n) is 6.85. The number of amides is 1. The summed E-state index contributed by atoms with van der Waals surface area (Å²) >= 11 is 16.1. The van der Waals surface area contributed by atoms with Gasteiger partial charge in [0.05, 0.1) is 37.4 Å². The molecule has 0 unspecified atom stereocenters. The van der Waals surface area contributed by atoms with Gasteiger partial charge in [-0.05, 0) is 52.9 Å². The largest absolute Gasteiger partial charge is 0.284 e. The second-order valence-corrected chi connectivity index (χ2v) is 13.0. The van der Waals surface area contributed by atoms with Gasteiger partial charge in [0.2, 0.25) is 5.69 Å². The highest BCUT2D eigenvalue weighted by Gasteiger charge is 2.29. The molecule has 2 aromatic heterocycles. The molecule has 0 bridgehead atoms. The van der Waals surface area contributed by atoms with E-state index in [0.717, 1.165) is 7.76 Å². The van der Waals surface area contributed by atoms with Crippen LogP contribution >= 0.6 is 57.1 Å². The van der Waals surface area contributed by atoms with E-state index in [0.29, 0.717) is 21.4 Å². The standard InChI is InChI=1S/C19H14Cl2IN5O3S2/c1-23-16-17(19(28)25-26-6-8-32(29,30)9-7-26)24-27(13-3-2-11(20)10-12(13)21)18(16)14-4-5-15(22)31-14/h2-5,10H,6-9H2,(H,25,28). The molecule has 4 rings (SSSR count). The van der Waals surface area contributed by atoms with Crippen LogP contribution in [0.1, 0.15) is 10.5 Å². The molecule has 1 aliphatic rings. The van der Waals surface area contributed by atoms with E-state index in [-0.39, 0.29) is 36.0 Å². The molecule has 0 spiro atoms. The van der Waals surface area contributed by atoms with E-state index >= 15 is 0 Å². The zero-order valence-corrected chi connectivity index (χ0v) is 21.5. The normalized spacial score (nSPS) is 15.9. The fourth-order valence-corrected chi connectivity index (χ4v) is 6.52. The van der Waals surface area contributed by atoms with Crippen LogP contribution < -0.4 is 5.43 Å². The van der Waals surface area contributed by atoms with Gasteiger partial charge in [-0.25, -0.2) is 23.0 Å². The number of benzene rings is 1. The summed E-state index contributed by atoms with van der Waals surface area (Å²) in [5.74, 6) is -0.681. The third-order valence-corrected chi connectivity index (χ3v) is 8.78. The number of nitrogens with one attached hydrogen (secondary N) is 1. The van der Waals surface area contributed by atoms with E-state index in [9.17, 15) is 13.2 Å². The topological polar surface area (TPSA) is 88.7 Å². The van der Waals surface area contributed by atoms with Crippen LogP contribution in [0.2, 0.25) is 10.0 Å². The maximum atomic E-state index is 13.1. The second kappa shape index (κ2) is 9.28. The highest BCUT2D eigenvalue weighted by Crippen LogP contribution is 2.41. The number of hydrogen-bond donors (Lipinski definition) is 1. The molecule has 0 saturated carbocycles. The van der Waals surface area contributed by atoms with Crippen LogP contribution in [0.25, 0.3) is 21.1 Å². The SMILES string of the molecule is [C-]#[N+]c1c(C(=O)NN2CCS(=O)(=O)CC2)nn(-c2ccc(Cl)cc2Cl)c1-c1ccc(I)s1. The van der Waals surface area contributed by atoms with Gasteiger partial charge in [-0.1, -0.05) is 23.2 Å². The summed E-state index contributed by atoms with van der Waals surface area (Å²) in [6.07, 6.45) is 0. The smallest absolute Gasteiger partial charge is 0.275 e. The van der Waals surface area contributed by atoms with E-state index < -0.39 is 15.7 Å². The quantitative estimate of drug-likeness (QED) is 0.344. The van der Waals surface area contributed by atoms with Crippen molar-refractivity contribution in [2.45, 2.75) is 0 Å². The number of thiophene rings is 1. The molecule has 0 atom stereocenters. The Labute approximate surface area is 212 Å². The predicted molar refractivity (Wildman–Crippen MR) is 134 cm³/mol. The Balaban J connectivity index is 1.79. The maximum absolute atomic E-state index is 13.1. The van der Waals surface area contributed by atoms with E-state index in [4.69, 9.17) is 29.8 Å². The zero-order chi connectivity index (χ0) is 23.0. The summed E-state index contributed by atoms with van der Waals surface area (Å²) in [7, 11) is -3.10. The molecule has 1 amide bonds. The van der Waals surface area contributed by atoms with Crippen molar-refractivity contribution in [1.29, 1.82) is 0 Å². The molecule has 32 heavy (non-hydrogen) atoms. The molecule has 0 aliphatic carbocycles. The fraction of sp³-hybridized carbons (Fsp3) is 0.211. The van der Waals surface area contributed by atoms with Crippen molar-refractivity contribution in [3.05, 3.63) is 60.4 Å². The lowest BCUT2D eigenvalue weighted by Crippen LogP contribution is -2.50. The summed E-state index contributed by atoms with van der Waals surface area (Å²) in [5.41, 5.74) is 3.61. The monoisotopic (exact) mass is 621 g/mol. The Bertz CT molecular complexity index is 1350. The van der Waals surface area contributed by atoms with Gasteiger partial charge in [-0.2, -0.15) is 5.10 Å². The van der Waals surface area contributed by atoms with Crippen molar-refractivity contribution >= 4 is 78.6 Å². The van der Waals surface area contributed by atoms with Gasteiger partial charge in [-0.15, -0.1) is 11.3 Å². The third kappa shape index (κ3) is 4.80. The first-order valence-electron chi connectivity index (χ1n) is 9.16. The lowest BCUT2D eigenvalue weighted by atomic mass is 10.2. The minimum atomic E-state index is -3.10.